The van der Waals surface area contributed by atoms with E-state index in [9.17, 15) is 0 Å². The first-order valence-corrected chi connectivity index (χ1v) is 9.85. The van der Waals surface area contributed by atoms with Gasteiger partial charge in [-0.25, -0.2) is 0 Å². The van der Waals surface area contributed by atoms with Crippen molar-refractivity contribution in [2.75, 3.05) is 6.54 Å². The molecule has 0 bridgehead atoms. The summed E-state index contributed by atoms with van der Waals surface area (Å²) in [6.07, 6.45) is 7.49. The van der Waals surface area contributed by atoms with E-state index in [1.165, 1.54) is 5.56 Å². The molecule has 1 saturated heterocycles. The van der Waals surface area contributed by atoms with Gasteiger partial charge >= 0.3 is 0 Å². The molecule has 4 heterocycles. The Balaban J connectivity index is 1.33. The number of rotatable bonds is 5. The second kappa shape index (κ2) is 7.93. The number of aromatic nitrogens is 4. The highest BCUT2D eigenvalue weighted by Crippen LogP contribution is 2.33. The van der Waals surface area contributed by atoms with Crippen LogP contribution in [0.2, 0.25) is 0 Å². The van der Waals surface area contributed by atoms with Crippen LogP contribution in [0, 0.1) is 0 Å². The normalized spacial score (nSPS) is 16.9. The highest BCUT2D eigenvalue weighted by atomic mass is 16.5. The Labute approximate surface area is 169 Å². The Morgan fingerprint density at radius 3 is 2.62 bits per heavy atom. The molecule has 1 aliphatic heterocycles. The molecule has 0 aliphatic carbocycles. The third kappa shape index (κ3) is 3.79. The summed E-state index contributed by atoms with van der Waals surface area (Å²) in [6.45, 7) is 1.94. The second-order valence-corrected chi connectivity index (χ2v) is 7.24. The van der Waals surface area contributed by atoms with E-state index in [2.05, 4.69) is 49.3 Å². The monoisotopic (exact) mass is 383 g/mol. The van der Waals surface area contributed by atoms with E-state index >= 15 is 0 Å². The van der Waals surface area contributed by atoms with Gasteiger partial charge < -0.3 is 4.52 Å². The summed E-state index contributed by atoms with van der Waals surface area (Å²) in [5.41, 5.74) is 4.08. The summed E-state index contributed by atoms with van der Waals surface area (Å²) in [5.74, 6) is 1.27. The van der Waals surface area contributed by atoms with Crippen LogP contribution in [-0.4, -0.2) is 31.6 Å². The number of hydrogen-bond acceptors (Lipinski definition) is 6. The SMILES string of the molecule is c1ccc(CN2CCC[C@H]2c2nc(-c3ccc(-c4ccncc4)nc3)no2)cc1. The number of hydrogen-bond donors (Lipinski definition) is 0. The summed E-state index contributed by atoms with van der Waals surface area (Å²) in [4.78, 5) is 15.7. The van der Waals surface area contributed by atoms with Gasteiger partial charge in [0, 0.05) is 36.3 Å². The van der Waals surface area contributed by atoms with Gasteiger partial charge in [0.05, 0.1) is 11.7 Å². The lowest BCUT2D eigenvalue weighted by atomic mass is 10.1. The first kappa shape index (κ1) is 17.7. The fourth-order valence-electron chi connectivity index (χ4n) is 3.82. The molecule has 6 nitrogen and oxygen atoms in total. The molecular weight excluding hydrogens is 362 g/mol. The molecule has 5 rings (SSSR count). The average Bonchev–Trinajstić information content (AvgIpc) is 3.45. The van der Waals surface area contributed by atoms with E-state index in [-0.39, 0.29) is 6.04 Å². The van der Waals surface area contributed by atoms with Crippen LogP contribution >= 0.6 is 0 Å². The van der Waals surface area contributed by atoms with E-state index in [0.29, 0.717) is 11.7 Å². The van der Waals surface area contributed by atoms with Crippen molar-refractivity contribution in [3.8, 4) is 22.6 Å². The summed E-state index contributed by atoms with van der Waals surface area (Å²) < 4.78 is 5.65. The second-order valence-electron chi connectivity index (χ2n) is 7.24. The van der Waals surface area contributed by atoms with Gasteiger partial charge in [-0.05, 0) is 49.2 Å². The van der Waals surface area contributed by atoms with E-state index < -0.39 is 0 Å². The predicted octanol–water partition coefficient (Wildman–Crippen LogP) is 4.53. The molecule has 0 unspecified atom stereocenters. The lowest BCUT2D eigenvalue weighted by molar-refractivity contribution is 0.201. The van der Waals surface area contributed by atoms with Crippen molar-refractivity contribution in [1.82, 2.24) is 25.0 Å². The molecule has 3 aromatic heterocycles. The van der Waals surface area contributed by atoms with Crippen molar-refractivity contribution >= 4 is 0 Å². The van der Waals surface area contributed by atoms with Gasteiger partial charge in [-0.15, -0.1) is 0 Å². The van der Waals surface area contributed by atoms with Gasteiger partial charge in [0.15, 0.2) is 0 Å². The molecule has 0 N–H and O–H groups in total. The molecular formula is C23H21N5O. The highest BCUT2D eigenvalue weighted by Gasteiger charge is 2.30. The van der Waals surface area contributed by atoms with Gasteiger partial charge in [0.1, 0.15) is 0 Å². The Bertz CT molecular complexity index is 1060. The molecule has 6 heteroatoms. The average molecular weight is 383 g/mol. The quantitative estimate of drug-likeness (QED) is 0.504. The van der Waals surface area contributed by atoms with Gasteiger partial charge in [0.25, 0.3) is 0 Å². The topological polar surface area (TPSA) is 67.9 Å². The summed E-state index contributed by atoms with van der Waals surface area (Å²) >= 11 is 0. The minimum atomic E-state index is 0.167. The third-order valence-electron chi connectivity index (χ3n) is 5.32. The van der Waals surface area contributed by atoms with Gasteiger partial charge in [0.2, 0.25) is 11.7 Å². The zero-order valence-electron chi connectivity index (χ0n) is 16.0. The zero-order chi connectivity index (χ0) is 19.5. The largest absolute Gasteiger partial charge is 0.337 e. The number of likely N-dealkylation sites (tertiary alicyclic amines) is 1. The lowest BCUT2D eigenvalue weighted by Gasteiger charge is -2.21. The van der Waals surface area contributed by atoms with Crippen LogP contribution in [0.1, 0.15) is 30.3 Å². The third-order valence-corrected chi connectivity index (χ3v) is 5.32. The van der Waals surface area contributed by atoms with E-state index in [0.717, 1.165) is 42.8 Å². The fourth-order valence-corrected chi connectivity index (χ4v) is 3.82. The van der Waals surface area contributed by atoms with Crippen LogP contribution in [-0.2, 0) is 6.54 Å². The zero-order valence-corrected chi connectivity index (χ0v) is 16.0. The van der Waals surface area contributed by atoms with Gasteiger partial charge in [-0.1, -0.05) is 35.5 Å². The molecule has 0 amide bonds. The summed E-state index contributed by atoms with van der Waals surface area (Å²) in [5, 5.41) is 4.21. The highest BCUT2D eigenvalue weighted by molar-refractivity contribution is 5.62. The van der Waals surface area contributed by atoms with Crippen molar-refractivity contribution in [2.24, 2.45) is 0 Å². The maximum atomic E-state index is 5.65. The minimum absolute atomic E-state index is 0.167. The van der Waals surface area contributed by atoms with Crippen LogP contribution in [0.4, 0.5) is 0 Å². The van der Waals surface area contributed by atoms with E-state index in [4.69, 9.17) is 4.52 Å². The van der Waals surface area contributed by atoms with Crippen molar-refractivity contribution < 1.29 is 4.52 Å². The van der Waals surface area contributed by atoms with Crippen molar-refractivity contribution in [3.05, 3.63) is 84.6 Å². The van der Waals surface area contributed by atoms with Crippen LogP contribution in [0.15, 0.2) is 77.7 Å². The predicted molar refractivity (Wildman–Crippen MR) is 110 cm³/mol. The standard InChI is InChI=1S/C23H21N5O/c1-2-5-17(6-3-1)16-28-14-4-7-21(28)23-26-22(27-29-23)19-8-9-20(25-15-19)18-10-12-24-13-11-18/h1-3,5-6,8-13,15,21H,4,7,14,16H2/t21-/m0/s1. The van der Waals surface area contributed by atoms with Crippen LogP contribution in [0.25, 0.3) is 22.6 Å². The molecule has 29 heavy (non-hydrogen) atoms. The summed E-state index contributed by atoms with van der Waals surface area (Å²) in [6, 6.07) is 18.5. The Morgan fingerprint density at radius 2 is 1.83 bits per heavy atom. The Morgan fingerprint density at radius 1 is 0.966 bits per heavy atom. The fraction of sp³-hybridized carbons (Fsp3) is 0.217. The van der Waals surface area contributed by atoms with Crippen molar-refractivity contribution in [1.29, 1.82) is 0 Å². The number of benzene rings is 1. The van der Waals surface area contributed by atoms with Crippen LogP contribution in [0.3, 0.4) is 0 Å². The number of pyridine rings is 2. The Kier molecular flexibility index (Phi) is 4.84. The molecule has 1 aliphatic rings. The molecule has 144 valence electrons. The number of nitrogens with zero attached hydrogens (tertiary/aromatic N) is 5. The van der Waals surface area contributed by atoms with Gasteiger partial charge in [-0.3, -0.25) is 14.9 Å². The summed E-state index contributed by atoms with van der Waals surface area (Å²) in [7, 11) is 0. The maximum absolute atomic E-state index is 5.65. The van der Waals surface area contributed by atoms with Crippen LogP contribution < -0.4 is 0 Å². The molecule has 1 fully saturated rings. The maximum Gasteiger partial charge on any atom is 0.244 e. The lowest BCUT2D eigenvalue weighted by Crippen LogP contribution is -2.22. The van der Waals surface area contributed by atoms with Crippen molar-refractivity contribution in [3.63, 3.8) is 0 Å². The first-order valence-electron chi connectivity index (χ1n) is 9.85. The first-order chi connectivity index (χ1) is 14.4. The minimum Gasteiger partial charge on any atom is -0.337 e. The van der Waals surface area contributed by atoms with Crippen LogP contribution in [0.5, 0.6) is 0 Å². The van der Waals surface area contributed by atoms with Gasteiger partial charge in [-0.2, -0.15) is 4.98 Å². The molecule has 0 spiro atoms. The van der Waals surface area contributed by atoms with E-state index in [1.807, 2.05) is 30.3 Å². The van der Waals surface area contributed by atoms with E-state index in [1.54, 1.807) is 18.6 Å². The molecule has 0 radical (unpaired) electrons. The molecule has 1 aromatic carbocycles. The molecule has 0 saturated carbocycles. The molecule has 4 aromatic rings. The molecule has 1 atom stereocenters. The Hall–Kier alpha value is -3.38. The smallest absolute Gasteiger partial charge is 0.244 e. The van der Waals surface area contributed by atoms with Crippen molar-refractivity contribution in [2.45, 2.75) is 25.4 Å².